The van der Waals surface area contributed by atoms with Crippen LogP contribution in [0.3, 0.4) is 0 Å². The Labute approximate surface area is 179 Å². The quantitative estimate of drug-likeness (QED) is 0.709. The van der Waals surface area contributed by atoms with Crippen molar-refractivity contribution in [3.05, 3.63) is 53.1 Å². The van der Waals surface area contributed by atoms with Crippen LogP contribution in [0.5, 0.6) is 11.5 Å². The van der Waals surface area contributed by atoms with Crippen LogP contribution >= 0.6 is 0 Å². The average molecular weight is 424 g/mol. The first kappa shape index (κ1) is 20.9. The van der Waals surface area contributed by atoms with E-state index in [1.807, 2.05) is 32.0 Å². The number of nitrogens with one attached hydrogen (secondary N) is 1. The summed E-state index contributed by atoms with van der Waals surface area (Å²) < 4.78 is 10.7. The van der Waals surface area contributed by atoms with Gasteiger partial charge in [-0.1, -0.05) is 24.3 Å². The summed E-state index contributed by atoms with van der Waals surface area (Å²) in [4.78, 5) is 40.2. The number of para-hydroxylation sites is 1. The van der Waals surface area contributed by atoms with E-state index >= 15 is 0 Å². The minimum atomic E-state index is -1.19. The largest absolute Gasteiger partial charge is 0.497 e. The van der Waals surface area contributed by atoms with E-state index in [2.05, 4.69) is 5.32 Å². The lowest BCUT2D eigenvalue weighted by molar-refractivity contribution is -0.142. The van der Waals surface area contributed by atoms with Crippen LogP contribution in [0.4, 0.5) is 5.69 Å². The molecule has 2 aromatic carbocycles. The molecule has 2 aliphatic rings. The normalized spacial score (nSPS) is 25.0. The third-order valence-corrected chi connectivity index (χ3v) is 6.18. The van der Waals surface area contributed by atoms with Gasteiger partial charge in [0.05, 0.1) is 31.7 Å². The molecule has 2 heterocycles. The molecule has 8 heteroatoms. The second kappa shape index (κ2) is 7.70. The maximum atomic E-state index is 13.6. The number of fused-ring (bicyclic) bond motifs is 1. The monoisotopic (exact) mass is 424 g/mol. The average Bonchev–Trinajstić information content (AvgIpc) is 3.26. The molecular weight excluding hydrogens is 400 g/mol. The van der Waals surface area contributed by atoms with Crippen molar-refractivity contribution in [1.82, 2.24) is 5.32 Å². The molecule has 4 rings (SSSR count). The summed E-state index contributed by atoms with van der Waals surface area (Å²) in [6.07, 6.45) is 0. The van der Waals surface area contributed by atoms with Crippen molar-refractivity contribution in [2.75, 3.05) is 19.1 Å². The van der Waals surface area contributed by atoms with E-state index in [-0.39, 0.29) is 0 Å². The van der Waals surface area contributed by atoms with Gasteiger partial charge in [-0.05, 0) is 31.0 Å². The van der Waals surface area contributed by atoms with Gasteiger partial charge in [0, 0.05) is 17.7 Å². The fraction of sp³-hybridized carbons (Fsp3) is 0.348. The number of imide groups is 1. The van der Waals surface area contributed by atoms with Crippen LogP contribution in [0.25, 0.3) is 0 Å². The van der Waals surface area contributed by atoms with Crippen LogP contribution in [0, 0.1) is 25.7 Å². The van der Waals surface area contributed by atoms with Crippen LogP contribution in [-0.4, -0.2) is 43.2 Å². The van der Waals surface area contributed by atoms with E-state index in [4.69, 9.17) is 9.47 Å². The Morgan fingerprint density at radius 1 is 1.00 bits per heavy atom. The van der Waals surface area contributed by atoms with Crippen LogP contribution in [0.1, 0.15) is 22.7 Å². The number of anilines is 1. The molecule has 4 atom stereocenters. The highest BCUT2D eigenvalue weighted by atomic mass is 16.5. The Morgan fingerprint density at radius 2 is 1.65 bits per heavy atom. The summed E-state index contributed by atoms with van der Waals surface area (Å²) in [7, 11) is 3.02. The predicted molar refractivity (Wildman–Crippen MR) is 112 cm³/mol. The fourth-order valence-corrected chi connectivity index (χ4v) is 4.78. The number of hydrogen-bond donors (Lipinski definition) is 2. The van der Waals surface area contributed by atoms with Crippen LogP contribution in [0.15, 0.2) is 36.4 Å². The van der Waals surface area contributed by atoms with Crippen molar-refractivity contribution in [1.29, 1.82) is 0 Å². The number of rotatable bonds is 5. The van der Waals surface area contributed by atoms with Gasteiger partial charge in [0.25, 0.3) is 0 Å². The fourth-order valence-electron chi connectivity index (χ4n) is 4.78. The highest BCUT2D eigenvalue weighted by molar-refractivity contribution is 6.24. The lowest BCUT2D eigenvalue weighted by Gasteiger charge is -2.24. The van der Waals surface area contributed by atoms with Gasteiger partial charge in [0.2, 0.25) is 11.8 Å². The number of aliphatic carboxylic acids is 1. The molecule has 2 amide bonds. The Hall–Kier alpha value is -3.39. The number of amides is 2. The van der Waals surface area contributed by atoms with Gasteiger partial charge in [-0.3, -0.25) is 19.7 Å². The van der Waals surface area contributed by atoms with Crippen LogP contribution < -0.4 is 19.7 Å². The first-order chi connectivity index (χ1) is 14.8. The van der Waals surface area contributed by atoms with E-state index in [0.29, 0.717) is 22.7 Å². The second-order valence-corrected chi connectivity index (χ2v) is 7.87. The molecule has 2 saturated heterocycles. The van der Waals surface area contributed by atoms with E-state index in [9.17, 15) is 19.5 Å². The summed E-state index contributed by atoms with van der Waals surface area (Å²) in [6, 6.07) is 8.74. The van der Waals surface area contributed by atoms with Crippen molar-refractivity contribution >= 4 is 23.5 Å². The number of ether oxygens (including phenoxy) is 2. The number of carboxylic acid groups (broad SMARTS) is 1. The molecule has 0 unspecified atom stereocenters. The zero-order valence-electron chi connectivity index (χ0n) is 17.7. The molecule has 0 radical (unpaired) electrons. The number of carboxylic acids is 1. The maximum Gasteiger partial charge on any atom is 0.321 e. The number of hydrogen-bond acceptors (Lipinski definition) is 6. The second-order valence-electron chi connectivity index (χ2n) is 7.87. The summed E-state index contributed by atoms with van der Waals surface area (Å²) in [5, 5.41) is 12.8. The van der Waals surface area contributed by atoms with Crippen molar-refractivity contribution in [3.8, 4) is 11.5 Å². The molecule has 2 fully saturated rings. The van der Waals surface area contributed by atoms with E-state index in [1.54, 1.807) is 18.2 Å². The van der Waals surface area contributed by atoms with Gasteiger partial charge < -0.3 is 14.6 Å². The zero-order valence-corrected chi connectivity index (χ0v) is 17.7. The van der Waals surface area contributed by atoms with Crippen LogP contribution in [0.2, 0.25) is 0 Å². The molecule has 0 aromatic heterocycles. The SMILES string of the molecule is COc1ccc([C@@H]2N[C@H](C(=O)O)[C@H]3C(=O)N(c4c(C)cccc4C)C(=O)[C@@H]32)c(OC)c1. The highest BCUT2D eigenvalue weighted by Gasteiger charge is 2.62. The molecule has 162 valence electrons. The minimum Gasteiger partial charge on any atom is -0.497 e. The first-order valence-electron chi connectivity index (χ1n) is 9.95. The zero-order chi connectivity index (χ0) is 22.4. The number of benzene rings is 2. The minimum absolute atomic E-state index is 0.411. The lowest BCUT2D eigenvalue weighted by atomic mass is 9.86. The number of nitrogens with zero attached hydrogens (tertiary/aromatic N) is 1. The molecule has 0 aliphatic carbocycles. The maximum absolute atomic E-state index is 13.6. The van der Waals surface area contributed by atoms with Gasteiger partial charge in [0.1, 0.15) is 17.5 Å². The molecule has 2 N–H and O–H groups in total. The third kappa shape index (κ3) is 3.14. The van der Waals surface area contributed by atoms with Gasteiger partial charge in [-0.15, -0.1) is 0 Å². The standard InChI is InChI=1S/C23H24N2O6/c1-11-6-5-7-12(2)20(11)25-21(26)16-17(22(25)27)19(23(28)29)24-18(16)14-9-8-13(30-3)10-15(14)31-4/h5-10,16-19,24H,1-4H3,(H,28,29)/t16-,17-,18-,19-/m0/s1. The van der Waals surface area contributed by atoms with Crippen LogP contribution in [-0.2, 0) is 14.4 Å². The third-order valence-electron chi connectivity index (χ3n) is 6.18. The van der Waals surface area contributed by atoms with Gasteiger partial charge >= 0.3 is 5.97 Å². The van der Waals surface area contributed by atoms with E-state index in [0.717, 1.165) is 11.1 Å². The molecule has 2 aromatic rings. The summed E-state index contributed by atoms with van der Waals surface area (Å²) in [5.41, 5.74) is 2.68. The first-order valence-corrected chi connectivity index (χ1v) is 9.95. The van der Waals surface area contributed by atoms with Gasteiger partial charge in [0.15, 0.2) is 0 Å². The van der Waals surface area contributed by atoms with E-state index < -0.39 is 41.7 Å². The van der Waals surface area contributed by atoms with Crippen molar-refractivity contribution in [2.45, 2.75) is 25.9 Å². The summed E-state index contributed by atoms with van der Waals surface area (Å²) in [5.74, 6) is -2.94. The van der Waals surface area contributed by atoms with Crippen molar-refractivity contribution in [2.24, 2.45) is 11.8 Å². The Balaban J connectivity index is 1.83. The number of carbonyl (C=O) groups is 3. The summed E-state index contributed by atoms with van der Waals surface area (Å²) in [6.45, 7) is 3.65. The Morgan fingerprint density at radius 3 is 2.23 bits per heavy atom. The molecule has 31 heavy (non-hydrogen) atoms. The van der Waals surface area contributed by atoms with Crippen molar-refractivity contribution < 1.29 is 29.0 Å². The highest BCUT2D eigenvalue weighted by Crippen LogP contribution is 2.48. The topological polar surface area (TPSA) is 105 Å². The molecule has 8 nitrogen and oxygen atoms in total. The smallest absolute Gasteiger partial charge is 0.321 e. The number of methoxy groups -OCH3 is 2. The molecule has 0 saturated carbocycles. The molecule has 0 bridgehead atoms. The molecule has 2 aliphatic heterocycles. The number of carbonyl (C=O) groups excluding carboxylic acids is 2. The van der Waals surface area contributed by atoms with E-state index in [1.165, 1.54) is 19.1 Å². The Bertz CT molecular complexity index is 1060. The molecular formula is C23H24N2O6. The van der Waals surface area contributed by atoms with Gasteiger partial charge in [-0.2, -0.15) is 0 Å². The summed E-state index contributed by atoms with van der Waals surface area (Å²) >= 11 is 0. The van der Waals surface area contributed by atoms with Crippen molar-refractivity contribution in [3.63, 3.8) is 0 Å². The van der Waals surface area contributed by atoms with Gasteiger partial charge in [-0.25, -0.2) is 4.90 Å². The predicted octanol–water partition coefficient (Wildman–Crippen LogP) is 2.22. The lowest BCUT2D eigenvalue weighted by Crippen LogP contribution is -2.43. The molecule has 0 spiro atoms. The number of aryl methyl sites for hydroxylation is 2. The Kier molecular flexibility index (Phi) is 5.18.